The number of rotatable bonds is 20. The molecule has 272 valence electrons. The van der Waals surface area contributed by atoms with Gasteiger partial charge in [-0.1, -0.05) is 37.4 Å². The van der Waals surface area contributed by atoms with Gasteiger partial charge in [0.05, 0.1) is 26.4 Å². The third-order valence-corrected chi connectivity index (χ3v) is 8.14. The molecular formula is C41H38N2O9S. The first kappa shape index (κ1) is 41.1. The number of nitriles is 2. The van der Waals surface area contributed by atoms with E-state index in [0.29, 0.717) is 72.0 Å². The Morgan fingerprint density at radius 3 is 1.57 bits per heavy atom. The second-order valence-corrected chi connectivity index (χ2v) is 12.1. The zero-order chi connectivity index (χ0) is 38.4. The van der Waals surface area contributed by atoms with E-state index in [-0.39, 0.29) is 30.1 Å². The predicted molar refractivity (Wildman–Crippen MR) is 200 cm³/mol. The van der Waals surface area contributed by atoms with Gasteiger partial charge in [-0.2, -0.15) is 10.5 Å². The summed E-state index contributed by atoms with van der Waals surface area (Å²) in [6, 6.07) is 22.3. The number of esters is 3. The van der Waals surface area contributed by atoms with E-state index in [2.05, 4.69) is 13.2 Å². The molecule has 0 aliphatic carbocycles. The minimum Gasteiger partial charge on any atom is -0.494 e. The molecule has 0 aliphatic rings. The summed E-state index contributed by atoms with van der Waals surface area (Å²) in [7, 11) is 0. The highest BCUT2D eigenvalue weighted by molar-refractivity contribution is 8.14. The van der Waals surface area contributed by atoms with E-state index in [1.165, 1.54) is 18.2 Å². The highest BCUT2D eigenvalue weighted by Crippen LogP contribution is 2.30. The largest absolute Gasteiger partial charge is 0.494 e. The van der Waals surface area contributed by atoms with Crippen LogP contribution in [0, 0.1) is 29.6 Å². The van der Waals surface area contributed by atoms with Crippen LogP contribution in [-0.2, 0) is 28.7 Å². The molecule has 3 aromatic carbocycles. The summed E-state index contributed by atoms with van der Waals surface area (Å²) in [5, 5.41) is 18.9. The van der Waals surface area contributed by atoms with Crippen LogP contribution in [0.5, 0.6) is 17.2 Å². The number of carbonyl (C=O) groups is 4. The Bertz CT molecular complexity index is 1920. The van der Waals surface area contributed by atoms with Crippen molar-refractivity contribution < 1.29 is 42.9 Å². The highest BCUT2D eigenvalue weighted by Gasteiger charge is 2.16. The molecule has 0 amide bonds. The van der Waals surface area contributed by atoms with E-state index in [1.807, 2.05) is 12.1 Å². The molecule has 0 saturated heterocycles. The number of hydrogen-bond acceptors (Lipinski definition) is 12. The lowest BCUT2D eigenvalue weighted by Crippen LogP contribution is -2.10. The second-order valence-electron chi connectivity index (χ2n) is 11.0. The van der Waals surface area contributed by atoms with Crippen molar-refractivity contribution in [3.63, 3.8) is 0 Å². The van der Waals surface area contributed by atoms with Gasteiger partial charge in [0, 0.05) is 17.0 Å². The monoisotopic (exact) mass is 734 g/mol. The van der Waals surface area contributed by atoms with E-state index in [0.717, 1.165) is 23.9 Å². The Morgan fingerprint density at radius 1 is 0.660 bits per heavy atom. The van der Waals surface area contributed by atoms with Crippen molar-refractivity contribution in [2.24, 2.45) is 0 Å². The first-order valence-corrected chi connectivity index (χ1v) is 17.3. The molecule has 53 heavy (non-hydrogen) atoms. The maximum Gasteiger partial charge on any atom is 0.354 e. The minimum absolute atomic E-state index is 0.0558. The maximum absolute atomic E-state index is 13.0. The lowest BCUT2D eigenvalue weighted by molar-refractivity contribution is -0.138. The van der Waals surface area contributed by atoms with Gasteiger partial charge >= 0.3 is 17.9 Å². The van der Waals surface area contributed by atoms with Gasteiger partial charge in [0.25, 0.3) is 0 Å². The summed E-state index contributed by atoms with van der Waals surface area (Å²) in [6.45, 7) is 9.84. The third kappa shape index (κ3) is 14.8. The van der Waals surface area contributed by atoms with Crippen LogP contribution in [0.15, 0.2) is 108 Å². The number of benzene rings is 3. The van der Waals surface area contributed by atoms with Crippen molar-refractivity contribution >= 4 is 46.9 Å². The maximum atomic E-state index is 13.0. The van der Waals surface area contributed by atoms with Gasteiger partial charge in [0.1, 0.15) is 40.5 Å². The van der Waals surface area contributed by atoms with Gasteiger partial charge in [-0.25, -0.2) is 14.4 Å². The molecule has 11 nitrogen and oxygen atoms in total. The summed E-state index contributed by atoms with van der Waals surface area (Å²) in [5.74, 6) is -0.366. The molecule has 0 N–H and O–H groups in total. The fourth-order valence-electron chi connectivity index (χ4n) is 4.30. The number of ether oxygens (including phenoxy) is 5. The van der Waals surface area contributed by atoms with Crippen molar-refractivity contribution in [3.05, 3.63) is 120 Å². The quantitative estimate of drug-likeness (QED) is 0.0281. The number of unbranched alkanes of at least 4 members (excludes halogenated alkanes) is 2. The average Bonchev–Trinajstić information content (AvgIpc) is 3.17. The van der Waals surface area contributed by atoms with Gasteiger partial charge in [0.15, 0.2) is 0 Å². The van der Waals surface area contributed by atoms with Crippen LogP contribution in [0.1, 0.15) is 42.4 Å². The zero-order valence-electron chi connectivity index (χ0n) is 29.2. The summed E-state index contributed by atoms with van der Waals surface area (Å²) < 4.78 is 26.7. The molecular weight excluding hydrogens is 697 g/mol. The van der Waals surface area contributed by atoms with E-state index in [1.54, 1.807) is 67.6 Å². The van der Waals surface area contributed by atoms with Crippen LogP contribution in [0.3, 0.4) is 0 Å². The number of hydrogen-bond donors (Lipinski definition) is 0. The van der Waals surface area contributed by atoms with Gasteiger partial charge in [-0.05, 0) is 116 Å². The summed E-state index contributed by atoms with van der Waals surface area (Å²) in [4.78, 5) is 48.5. The first-order valence-electron chi connectivity index (χ1n) is 16.5. The molecule has 0 aliphatic heterocycles. The van der Waals surface area contributed by atoms with Crippen LogP contribution in [0.2, 0.25) is 0 Å². The van der Waals surface area contributed by atoms with Crippen molar-refractivity contribution in [2.75, 3.05) is 26.4 Å². The van der Waals surface area contributed by atoms with Gasteiger partial charge in [-0.15, -0.1) is 0 Å². The Balaban J connectivity index is 1.51. The van der Waals surface area contributed by atoms with Crippen molar-refractivity contribution in [1.82, 2.24) is 0 Å². The molecule has 0 heterocycles. The fraction of sp³-hybridized carbons (Fsp3) is 0.220. The lowest BCUT2D eigenvalue weighted by Gasteiger charge is -2.09. The number of aryl methyl sites for hydroxylation is 1. The molecule has 3 aromatic rings. The average molecular weight is 735 g/mol. The minimum atomic E-state index is -0.849. The Kier molecular flexibility index (Phi) is 17.4. The summed E-state index contributed by atoms with van der Waals surface area (Å²) in [5.41, 5.74) is 1.58. The Morgan fingerprint density at radius 2 is 1.11 bits per heavy atom. The Labute approximate surface area is 312 Å². The standard InChI is InChI=1S/C41H38N2O9S/c1-4-38(44)50-22-8-6-20-48-34-14-10-30(11-15-34)25-32(27-42)40(46)52-36-18-19-37(29(3)24-36)53-41(47)33(28-43)26-31-12-16-35(17-13-31)49-21-7-9-23-51-39(45)5-2/h4-5,10-19,24-26H,1-2,6-9,20-23H2,3H3/b32-25+,33-26+. The summed E-state index contributed by atoms with van der Waals surface area (Å²) in [6.07, 6.45) is 7.78. The normalized spacial score (nSPS) is 10.9. The molecule has 0 aromatic heterocycles. The van der Waals surface area contributed by atoms with Crippen LogP contribution < -0.4 is 14.2 Å². The molecule has 0 atom stereocenters. The molecule has 12 heteroatoms. The smallest absolute Gasteiger partial charge is 0.354 e. The van der Waals surface area contributed by atoms with Gasteiger partial charge in [0.2, 0.25) is 5.12 Å². The number of nitrogens with zero attached hydrogens (tertiary/aromatic N) is 2. The molecule has 3 rings (SSSR count). The molecule has 0 spiro atoms. The second kappa shape index (κ2) is 22.4. The number of thioether (sulfide) groups is 1. The number of carbonyl (C=O) groups excluding carboxylic acids is 4. The van der Waals surface area contributed by atoms with E-state index in [4.69, 9.17) is 23.7 Å². The molecule has 0 bridgehead atoms. The molecule has 0 radical (unpaired) electrons. The SMILES string of the molecule is C=CC(=O)OCCCCOc1ccc(/C=C(\C#N)C(=O)Oc2ccc(SC(=O)/C(C#N)=C/c3ccc(OCCCCOC(=O)C=C)cc3)c(C)c2)cc1. The first-order chi connectivity index (χ1) is 25.6. The highest BCUT2D eigenvalue weighted by atomic mass is 32.2. The van der Waals surface area contributed by atoms with Crippen LogP contribution in [0.4, 0.5) is 0 Å². The predicted octanol–water partition coefficient (Wildman–Crippen LogP) is 7.51. The molecule has 0 fully saturated rings. The molecule has 0 unspecified atom stereocenters. The van der Waals surface area contributed by atoms with Crippen molar-refractivity contribution in [2.45, 2.75) is 37.5 Å². The van der Waals surface area contributed by atoms with Crippen LogP contribution in [-0.4, -0.2) is 49.5 Å². The summed E-state index contributed by atoms with van der Waals surface area (Å²) >= 11 is 0.871. The topological polar surface area (TPSA) is 162 Å². The zero-order valence-corrected chi connectivity index (χ0v) is 30.0. The lowest BCUT2D eigenvalue weighted by atomic mass is 10.1. The third-order valence-electron chi connectivity index (χ3n) is 7.06. The molecule has 0 saturated carbocycles. The Hall–Kier alpha value is -6.37. The van der Waals surface area contributed by atoms with Gasteiger partial charge < -0.3 is 23.7 Å². The van der Waals surface area contributed by atoms with Crippen LogP contribution in [0.25, 0.3) is 12.2 Å². The van der Waals surface area contributed by atoms with E-state index >= 15 is 0 Å². The van der Waals surface area contributed by atoms with Crippen molar-refractivity contribution in [3.8, 4) is 29.4 Å². The van der Waals surface area contributed by atoms with Gasteiger partial charge in [-0.3, -0.25) is 4.79 Å². The fourth-order valence-corrected chi connectivity index (χ4v) is 5.07. The van der Waals surface area contributed by atoms with Crippen LogP contribution >= 0.6 is 11.8 Å². The van der Waals surface area contributed by atoms with E-state index in [9.17, 15) is 29.7 Å². The van der Waals surface area contributed by atoms with E-state index < -0.39 is 23.0 Å². The van der Waals surface area contributed by atoms with Crippen molar-refractivity contribution in [1.29, 1.82) is 10.5 Å².